The first-order valence-electron chi connectivity index (χ1n) is 6.23. The molecule has 5 heteroatoms. The van der Waals surface area contributed by atoms with Crippen molar-refractivity contribution < 1.29 is 0 Å². The summed E-state index contributed by atoms with van der Waals surface area (Å²) in [5.74, 6) is 2.03. The normalized spacial score (nSPS) is 13.2. The molecule has 2 heterocycles. The Hall–Kier alpha value is -1.29. The lowest BCUT2D eigenvalue weighted by molar-refractivity contribution is 0.541. The van der Waals surface area contributed by atoms with Crippen LogP contribution in [0.1, 0.15) is 26.0 Å². The lowest BCUT2D eigenvalue weighted by Gasteiger charge is -2.18. The molecule has 0 aliphatic rings. The van der Waals surface area contributed by atoms with Crippen molar-refractivity contribution in [3.05, 3.63) is 24.2 Å². The largest absolute Gasteiger partial charge is 0.364 e. The second-order valence-corrected chi connectivity index (χ2v) is 5.33. The minimum Gasteiger partial charge on any atom is -0.364 e. The number of hydrogen-bond donors (Lipinski definition) is 1. The smallest absolute Gasteiger partial charge is 0.152 e. The van der Waals surface area contributed by atoms with E-state index < -0.39 is 0 Å². The molecular formula is C13H19ClN4. The quantitative estimate of drug-likeness (QED) is 0.846. The van der Waals surface area contributed by atoms with Gasteiger partial charge in [0.25, 0.3) is 0 Å². The Balaban J connectivity index is 2.24. The summed E-state index contributed by atoms with van der Waals surface area (Å²) in [6.07, 6.45) is 4.63. The molecule has 0 saturated heterocycles. The third-order valence-electron chi connectivity index (χ3n) is 2.80. The maximum absolute atomic E-state index is 6.01. The number of anilines is 1. The lowest BCUT2D eigenvalue weighted by Crippen LogP contribution is -2.24. The van der Waals surface area contributed by atoms with Gasteiger partial charge < -0.3 is 5.32 Å². The van der Waals surface area contributed by atoms with E-state index in [-0.39, 0.29) is 6.04 Å². The average Bonchev–Trinajstić information content (AvgIpc) is 2.69. The van der Waals surface area contributed by atoms with Crippen molar-refractivity contribution in [2.75, 3.05) is 11.2 Å². The lowest BCUT2D eigenvalue weighted by atomic mass is 10.1. The van der Waals surface area contributed by atoms with Crippen LogP contribution in [0.2, 0.25) is 0 Å². The molecule has 2 rings (SSSR count). The monoisotopic (exact) mass is 266 g/mol. The number of aromatic nitrogens is 3. The molecule has 1 atom stereocenters. The standard InChI is InChI=1S/C13H19ClN4/c1-9(2)6-11(8-14)16-13-12-7-10(3)17-18(12)5-4-15-13/h4-5,7,9,11H,6,8H2,1-3H3,(H,15,16). The maximum Gasteiger partial charge on any atom is 0.152 e. The molecule has 2 aromatic rings. The topological polar surface area (TPSA) is 42.2 Å². The van der Waals surface area contributed by atoms with Gasteiger partial charge in [0.05, 0.1) is 5.69 Å². The first kappa shape index (κ1) is 13.1. The zero-order valence-electron chi connectivity index (χ0n) is 11.0. The van der Waals surface area contributed by atoms with Crippen molar-refractivity contribution in [3.8, 4) is 0 Å². The van der Waals surface area contributed by atoms with Crippen molar-refractivity contribution in [3.63, 3.8) is 0 Å². The SMILES string of the molecule is Cc1cc2c(NC(CCl)CC(C)C)nccn2n1. The maximum atomic E-state index is 6.01. The highest BCUT2D eigenvalue weighted by Gasteiger charge is 2.12. The van der Waals surface area contributed by atoms with Gasteiger partial charge in [-0.25, -0.2) is 9.50 Å². The predicted octanol–water partition coefficient (Wildman–Crippen LogP) is 3.10. The van der Waals surface area contributed by atoms with Crippen LogP contribution < -0.4 is 5.32 Å². The molecule has 2 aromatic heterocycles. The third-order valence-corrected chi connectivity index (χ3v) is 3.17. The van der Waals surface area contributed by atoms with Gasteiger partial charge in [0, 0.05) is 24.3 Å². The Labute approximate surface area is 112 Å². The van der Waals surface area contributed by atoms with Gasteiger partial charge in [-0.3, -0.25) is 0 Å². The second kappa shape index (κ2) is 5.57. The van der Waals surface area contributed by atoms with Crippen molar-refractivity contribution in [2.24, 2.45) is 5.92 Å². The first-order chi connectivity index (χ1) is 8.60. The van der Waals surface area contributed by atoms with E-state index in [9.17, 15) is 0 Å². The summed E-state index contributed by atoms with van der Waals surface area (Å²) in [4.78, 5) is 4.38. The third kappa shape index (κ3) is 2.93. The summed E-state index contributed by atoms with van der Waals surface area (Å²) in [6, 6.07) is 2.26. The number of fused-ring (bicyclic) bond motifs is 1. The molecule has 0 bridgehead atoms. The molecule has 0 radical (unpaired) electrons. The first-order valence-corrected chi connectivity index (χ1v) is 6.77. The molecule has 18 heavy (non-hydrogen) atoms. The van der Waals surface area contributed by atoms with Crippen LogP contribution in [0.5, 0.6) is 0 Å². The molecule has 98 valence electrons. The zero-order chi connectivity index (χ0) is 13.1. The molecule has 0 aliphatic carbocycles. The number of nitrogens with zero attached hydrogens (tertiary/aromatic N) is 3. The fourth-order valence-corrected chi connectivity index (χ4v) is 2.28. The van der Waals surface area contributed by atoms with Gasteiger partial charge in [0.15, 0.2) is 5.82 Å². The number of rotatable bonds is 5. The predicted molar refractivity (Wildman–Crippen MR) is 75.3 cm³/mol. The molecular weight excluding hydrogens is 248 g/mol. The van der Waals surface area contributed by atoms with E-state index in [1.165, 1.54) is 0 Å². The van der Waals surface area contributed by atoms with Crippen LogP contribution >= 0.6 is 11.6 Å². The fraction of sp³-hybridized carbons (Fsp3) is 0.538. The molecule has 0 aromatic carbocycles. The molecule has 4 nitrogen and oxygen atoms in total. The van der Waals surface area contributed by atoms with Gasteiger partial charge in [0.1, 0.15) is 5.52 Å². The Morgan fingerprint density at radius 1 is 1.44 bits per heavy atom. The Morgan fingerprint density at radius 2 is 2.22 bits per heavy atom. The molecule has 0 amide bonds. The van der Waals surface area contributed by atoms with Crippen LogP contribution in [-0.4, -0.2) is 26.5 Å². The van der Waals surface area contributed by atoms with E-state index in [2.05, 4.69) is 29.2 Å². The van der Waals surface area contributed by atoms with Gasteiger partial charge in [-0.15, -0.1) is 11.6 Å². The van der Waals surface area contributed by atoms with E-state index in [0.29, 0.717) is 11.8 Å². The van der Waals surface area contributed by atoms with Gasteiger partial charge in [-0.1, -0.05) is 13.8 Å². The molecule has 1 N–H and O–H groups in total. The summed E-state index contributed by atoms with van der Waals surface area (Å²) < 4.78 is 1.84. The minimum absolute atomic E-state index is 0.237. The molecule has 0 fully saturated rings. The second-order valence-electron chi connectivity index (χ2n) is 5.02. The fourth-order valence-electron chi connectivity index (χ4n) is 2.08. The van der Waals surface area contributed by atoms with E-state index in [1.54, 1.807) is 6.20 Å². The Kier molecular flexibility index (Phi) is 4.07. The molecule has 0 aliphatic heterocycles. The Morgan fingerprint density at radius 3 is 2.89 bits per heavy atom. The number of alkyl halides is 1. The highest BCUT2D eigenvalue weighted by atomic mass is 35.5. The summed E-state index contributed by atoms with van der Waals surface area (Å²) in [5.41, 5.74) is 1.98. The summed E-state index contributed by atoms with van der Waals surface area (Å²) in [6.45, 7) is 6.36. The zero-order valence-corrected chi connectivity index (χ0v) is 11.8. The average molecular weight is 267 g/mol. The van der Waals surface area contributed by atoms with Crippen molar-refractivity contribution in [2.45, 2.75) is 33.2 Å². The summed E-state index contributed by atoms with van der Waals surface area (Å²) in [7, 11) is 0. The molecule has 1 unspecified atom stereocenters. The van der Waals surface area contributed by atoms with Gasteiger partial charge in [0.2, 0.25) is 0 Å². The van der Waals surface area contributed by atoms with Crippen LogP contribution in [-0.2, 0) is 0 Å². The number of hydrogen-bond acceptors (Lipinski definition) is 3. The van der Waals surface area contributed by atoms with Crippen LogP contribution in [0.15, 0.2) is 18.5 Å². The summed E-state index contributed by atoms with van der Waals surface area (Å²) >= 11 is 6.01. The number of nitrogens with one attached hydrogen (secondary N) is 1. The van der Waals surface area contributed by atoms with Gasteiger partial charge in [-0.2, -0.15) is 5.10 Å². The van der Waals surface area contributed by atoms with Crippen LogP contribution in [0.25, 0.3) is 5.52 Å². The molecule has 0 spiro atoms. The van der Waals surface area contributed by atoms with E-state index in [4.69, 9.17) is 11.6 Å². The number of halogens is 1. The number of aryl methyl sites for hydroxylation is 1. The van der Waals surface area contributed by atoms with Crippen molar-refractivity contribution in [1.82, 2.24) is 14.6 Å². The van der Waals surface area contributed by atoms with E-state index in [0.717, 1.165) is 23.4 Å². The van der Waals surface area contributed by atoms with Crippen molar-refractivity contribution in [1.29, 1.82) is 0 Å². The van der Waals surface area contributed by atoms with E-state index >= 15 is 0 Å². The van der Waals surface area contributed by atoms with Crippen LogP contribution in [0.3, 0.4) is 0 Å². The van der Waals surface area contributed by atoms with Gasteiger partial charge >= 0.3 is 0 Å². The van der Waals surface area contributed by atoms with Gasteiger partial charge in [-0.05, 0) is 25.3 Å². The Bertz CT molecular complexity index is 521. The van der Waals surface area contributed by atoms with Crippen molar-refractivity contribution >= 4 is 22.9 Å². The van der Waals surface area contributed by atoms with Crippen LogP contribution in [0, 0.1) is 12.8 Å². The van der Waals surface area contributed by atoms with Crippen LogP contribution in [0.4, 0.5) is 5.82 Å². The molecule has 0 saturated carbocycles. The highest BCUT2D eigenvalue weighted by Crippen LogP contribution is 2.18. The highest BCUT2D eigenvalue weighted by molar-refractivity contribution is 6.18. The van der Waals surface area contributed by atoms with E-state index in [1.807, 2.05) is 23.7 Å². The minimum atomic E-state index is 0.237. The summed E-state index contributed by atoms with van der Waals surface area (Å²) in [5, 5.41) is 7.78.